The summed E-state index contributed by atoms with van der Waals surface area (Å²) in [6, 6.07) is 0. The number of hydrogen-bond donors (Lipinski definition) is 4. The van der Waals surface area contributed by atoms with Gasteiger partial charge >= 0.3 is 16.4 Å². The van der Waals surface area contributed by atoms with Crippen LogP contribution in [0.4, 0.5) is 0 Å². The van der Waals surface area contributed by atoms with Crippen LogP contribution in [0, 0.1) is 0 Å². The van der Waals surface area contributed by atoms with Gasteiger partial charge in [0.05, 0.1) is 19.8 Å². The van der Waals surface area contributed by atoms with Crippen molar-refractivity contribution in [3.05, 3.63) is 12.2 Å². The second-order valence-electron chi connectivity index (χ2n) is 14.6. The van der Waals surface area contributed by atoms with Crippen molar-refractivity contribution in [3.63, 3.8) is 0 Å². The van der Waals surface area contributed by atoms with Gasteiger partial charge in [0.15, 0.2) is 6.29 Å². The van der Waals surface area contributed by atoms with Gasteiger partial charge in [0.25, 0.3) is 0 Å². The SMILES string of the molecule is CCCCCCCC/C=C\CCCCCCCCOCC(COC1OC(CO)C(O)C(OS(=O)(=O)O)C1O)OC(=O)CCCCCCCCCCCC. The van der Waals surface area contributed by atoms with Gasteiger partial charge in [-0.05, 0) is 38.5 Å². The number of esters is 1. The Labute approximate surface area is 321 Å². The fourth-order valence-corrected chi connectivity index (χ4v) is 6.94. The molecule has 4 N–H and O–H groups in total. The fraction of sp³-hybridized carbons (Fsp3) is 0.925. The van der Waals surface area contributed by atoms with E-state index in [4.69, 9.17) is 23.5 Å². The molecule has 6 unspecified atom stereocenters. The lowest BCUT2D eigenvalue weighted by Crippen LogP contribution is -2.60. The average Bonchev–Trinajstić information content (AvgIpc) is 3.12. The number of carbonyl (C=O) groups excluding carboxylic acids is 1. The first-order valence-electron chi connectivity index (χ1n) is 20.9. The van der Waals surface area contributed by atoms with E-state index in [-0.39, 0.29) is 19.6 Å². The smallest absolute Gasteiger partial charge is 0.397 e. The van der Waals surface area contributed by atoms with Gasteiger partial charge < -0.3 is 34.3 Å². The van der Waals surface area contributed by atoms with Crippen molar-refractivity contribution in [2.75, 3.05) is 26.4 Å². The van der Waals surface area contributed by atoms with Gasteiger partial charge in [-0.1, -0.05) is 142 Å². The molecule has 1 saturated heterocycles. The third-order valence-electron chi connectivity index (χ3n) is 9.64. The van der Waals surface area contributed by atoms with E-state index in [1.165, 1.54) is 103 Å². The van der Waals surface area contributed by atoms with E-state index < -0.39 is 59.8 Å². The molecule has 12 nitrogen and oxygen atoms in total. The number of ether oxygens (including phenoxy) is 4. The number of rotatable bonds is 36. The molecule has 0 spiro atoms. The minimum absolute atomic E-state index is 0.0364. The van der Waals surface area contributed by atoms with Gasteiger partial charge in [0.2, 0.25) is 0 Å². The molecule has 6 atom stereocenters. The Morgan fingerprint density at radius 1 is 0.698 bits per heavy atom. The third-order valence-corrected chi connectivity index (χ3v) is 10.1. The number of aliphatic hydroxyl groups is 3. The summed E-state index contributed by atoms with van der Waals surface area (Å²) < 4.78 is 58.8. The van der Waals surface area contributed by atoms with E-state index in [2.05, 4.69) is 30.2 Å². The van der Waals surface area contributed by atoms with Crippen LogP contribution in [0.15, 0.2) is 12.2 Å². The normalized spacial score (nSPS) is 21.4. The lowest BCUT2D eigenvalue weighted by molar-refractivity contribution is -0.301. The third kappa shape index (κ3) is 27.1. The van der Waals surface area contributed by atoms with Crippen LogP contribution in [0.3, 0.4) is 0 Å². The number of unbranched alkanes of at least 4 members (excludes halogenated alkanes) is 21. The Balaban J connectivity index is 2.45. The first kappa shape index (κ1) is 49.9. The highest BCUT2D eigenvalue weighted by molar-refractivity contribution is 7.80. The highest BCUT2D eigenvalue weighted by Crippen LogP contribution is 2.26. The van der Waals surface area contributed by atoms with Crippen LogP contribution in [-0.2, 0) is 38.3 Å². The maximum absolute atomic E-state index is 12.7. The Hall–Kier alpha value is -1.16. The quantitative estimate of drug-likeness (QED) is 0.0209. The Kier molecular flexibility index (Phi) is 31.1. The summed E-state index contributed by atoms with van der Waals surface area (Å²) in [6.45, 7) is 3.95. The number of allylic oxidation sites excluding steroid dienone is 2. The molecular weight excluding hydrogens is 704 g/mol. The Bertz CT molecular complexity index is 994. The molecule has 0 aromatic heterocycles. The molecule has 13 heteroatoms. The molecule has 0 aromatic rings. The molecule has 0 bridgehead atoms. The van der Waals surface area contributed by atoms with E-state index in [9.17, 15) is 28.5 Å². The lowest BCUT2D eigenvalue weighted by Gasteiger charge is -2.41. The van der Waals surface area contributed by atoms with E-state index in [0.29, 0.717) is 13.0 Å². The molecule has 0 amide bonds. The van der Waals surface area contributed by atoms with Crippen LogP contribution < -0.4 is 0 Å². The highest BCUT2D eigenvalue weighted by Gasteiger charge is 2.48. The highest BCUT2D eigenvalue weighted by atomic mass is 32.3. The summed E-state index contributed by atoms with van der Waals surface area (Å²) in [4.78, 5) is 12.7. The van der Waals surface area contributed by atoms with E-state index in [1.807, 2.05) is 0 Å². The molecule has 1 heterocycles. The molecule has 1 rings (SSSR count). The average molecular weight is 781 g/mol. The second kappa shape index (κ2) is 33.0. The van der Waals surface area contributed by atoms with Gasteiger partial charge in [-0.25, -0.2) is 4.18 Å². The summed E-state index contributed by atoms with van der Waals surface area (Å²) >= 11 is 0. The Morgan fingerprint density at radius 3 is 1.70 bits per heavy atom. The first-order chi connectivity index (χ1) is 25.6. The lowest BCUT2D eigenvalue weighted by atomic mass is 9.99. The second-order valence-corrected chi connectivity index (χ2v) is 15.6. The van der Waals surface area contributed by atoms with Crippen molar-refractivity contribution < 1.29 is 56.2 Å². The van der Waals surface area contributed by atoms with Gasteiger partial charge in [0, 0.05) is 13.0 Å². The van der Waals surface area contributed by atoms with Gasteiger partial charge in [-0.2, -0.15) is 8.42 Å². The number of carbonyl (C=O) groups is 1. The van der Waals surface area contributed by atoms with Crippen molar-refractivity contribution in [1.29, 1.82) is 0 Å². The van der Waals surface area contributed by atoms with Gasteiger partial charge in [-0.15, -0.1) is 0 Å². The fourth-order valence-electron chi connectivity index (χ4n) is 6.43. The van der Waals surface area contributed by atoms with Gasteiger partial charge in [-0.3, -0.25) is 9.35 Å². The zero-order valence-electron chi connectivity index (χ0n) is 33.1. The van der Waals surface area contributed by atoms with Gasteiger partial charge in [0.1, 0.15) is 30.5 Å². The Morgan fingerprint density at radius 2 is 1.19 bits per heavy atom. The molecule has 1 aliphatic heterocycles. The monoisotopic (exact) mass is 781 g/mol. The minimum atomic E-state index is -5.05. The van der Waals surface area contributed by atoms with Crippen molar-refractivity contribution in [3.8, 4) is 0 Å². The minimum Gasteiger partial charge on any atom is -0.457 e. The largest absolute Gasteiger partial charge is 0.457 e. The first-order valence-corrected chi connectivity index (χ1v) is 22.3. The summed E-state index contributed by atoms with van der Waals surface area (Å²) in [6.07, 6.45) is 24.0. The summed E-state index contributed by atoms with van der Waals surface area (Å²) in [5, 5.41) is 30.5. The van der Waals surface area contributed by atoms with Crippen LogP contribution >= 0.6 is 0 Å². The van der Waals surface area contributed by atoms with Crippen LogP contribution in [0.25, 0.3) is 0 Å². The molecule has 1 aliphatic rings. The molecular formula is C40H76O12S. The van der Waals surface area contributed by atoms with Crippen LogP contribution in [-0.4, -0.2) is 97.5 Å². The zero-order chi connectivity index (χ0) is 39.0. The molecule has 0 aromatic carbocycles. The van der Waals surface area contributed by atoms with Crippen LogP contribution in [0.1, 0.15) is 174 Å². The van der Waals surface area contributed by atoms with Crippen molar-refractivity contribution in [2.45, 2.75) is 211 Å². The topological polar surface area (TPSA) is 178 Å². The maximum Gasteiger partial charge on any atom is 0.397 e. The van der Waals surface area contributed by atoms with E-state index >= 15 is 0 Å². The molecule has 0 aliphatic carbocycles. The molecule has 0 radical (unpaired) electrons. The molecule has 53 heavy (non-hydrogen) atoms. The predicted molar refractivity (Wildman–Crippen MR) is 207 cm³/mol. The number of hydrogen-bond acceptors (Lipinski definition) is 11. The number of aliphatic hydroxyl groups excluding tert-OH is 3. The summed E-state index contributed by atoms with van der Waals surface area (Å²) in [7, 11) is -5.05. The van der Waals surface area contributed by atoms with Crippen molar-refractivity contribution in [2.24, 2.45) is 0 Å². The van der Waals surface area contributed by atoms with Crippen LogP contribution in [0.5, 0.6) is 0 Å². The zero-order valence-corrected chi connectivity index (χ0v) is 33.9. The molecule has 1 fully saturated rings. The van der Waals surface area contributed by atoms with E-state index in [1.54, 1.807) is 0 Å². The molecule has 314 valence electrons. The van der Waals surface area contributed by atoms with Crippen LogP contribution in [0.2, 0.25) is 0 Å². The van der Waals surface area contributed by atoms with Crippen molar-refractivity contribution in [1.82, 2.24) is 0 Å². The standard InChI is InChI=1S/C40H76O12S/c1-3-5-7-9-11-13-15-16-17-18-19-20-22-24-26-28-30-48-32-34(50-36(42)29-27-25-23-21-14-12-10-8-6-4-2)33-49-40-38(44)39(52-53(45,46)47)37(43)35(31-41)51-40/h16-17,34-35,37-41,43-44H,3-15,18-33H2,1-2H3,(H,45,46,47)/b17-16-. The van der Waals surface area contributed by atoms with Crippen molar-refractivity contribution >= 4 is 16.4 Å². The maximum atomic E-state index is 12.7. The molecule has 0 saturated carbocycles. The predicted octanol–water partition coefficient (Wildman–Crippen LogP) is 7.91. The summed E-state index contributed by atoms with van der Waals surface area (Å²) in [5.74, 6) is -0.402. The summed E-state index contributed by atoms with van der Waals surface area (Å²) in [5.41, 5.74) is 0. The van der Waals surface area contributed by atoms with E-state index in [0.717, 1.165) is 44.9 Å².